The number of aromatic nitrogens is 3. The molecule has 0 saturated heterocycles. The number of H-pyrrole nitrogens is 1. The molecule has 4 rings (SSSR count). The molecule has 0 fully saturated rings. The number of amides is 1. The normalized spacial score (nSPS) is 10.6. The summed E-state index contributed by atoms with van der Waals surface area (Å²) in [5, 5.41) is 14.0. The zero-order chi connectivity index (χ0) is 17.1. The molecule has 3 N–H and O–H groups in total. The van der Waals surface area contributed by atoms with Crippen LogP contribution in [0, 0.1) is 0 Å². The number of aromatic amines is 1. The lowest BCUT2D eigenvalue weighted by molar-refractivity contribution is 0.102. The van der Waals surface area contributed by atoms with E-state index in [4.69, 9.17) is 0 Å². The lowest BCUT2D eigenvalue weighted by Crippen LogP contribution is -2.12. The second kappa shape index (κ2) is 6.45. The van der Waals surface area contributed by atoms with Crippen molar-refractivity contribution in [2.24, 2.45) is 0 Å². The number of carbonyl (C=O) groups excluding carboxylic acids is 1. The largest absolute Gasteiger partial charge is 0.355 e. The summed E-state index contributed by atoms with van der Waals surface area (Å²) in [5.74, 6) is -0.196. The Kier molecular flexibility index (Phi) is 3.84. The molecule has 0 saturated carbocycles. The molecule has 2 aromatic carbocycles. The second-order valence-electron chi connectivity index (χ2n) is 5.54. The molecule has 6 heteroatoms. The monoisotopic (exact) mass is 329 g/mol. The molecule has 0 unspecified atom stereocenters. The molecular weight excluding hydrogens is 314 g/mol. The van der Waals surface area contributed by atoms with E-state index in [-0.39, 0.29) is 5.91 Å². The Balaban J connectivity index is 1.69. The molecule has 6 nitrogen and oxygen atoms in total. The van der Waals surface area contributed by atoms with Crippen LogP contribution in [0.5, 0.6) is 0 Å². The standard InChI is InChI=1S/C19H15N5O/c25-19(23-14-4-2-1-3-5-14)17-11-16(10-13-12-21-24-18(13)17)22-15-6-8-20-9-7-15/h1-12H,(H,20,22)(H,21,24)(H,23,25). The highest BCUT2D eigenvalue weighted by Crippen LogP contribution is 2.25. The number of rotatable bonds is 4. The van der Waals surface area contributed by atoms with Gasteiger partial charge >= 0.3 is 0 Å². The smallest absolute Gasteiger partial charge is 0.257 e. The third kappa shape index (κ3) is 3.18. The summed E-state index contributed by atoms with van der Waals surface area (Å²) in [4.78, 5) is 16.7. The summed E-state index contributed by atoms with van der Waals surface area (Å²) in [5.41, 5.74) is 3.67. The Morgan fingerprint density at radius 3 is 2.52 bits per heavy atom. The van der Waals surface area contributed by atoms with Gasteiger partial charge in [0.05, 0.1) is 17.3 Å². The van der Waals surface area contributed by atoms with Gasteiger partial charge < -0.3 is 10.6 Å². The van der Waals surface area contributed by atoms with E-state index in [2.05, 4.69) is 25.8 Å². The molecule has 2 heterocycles. The Bertz CT molecular complexity index is 1010. The molecule has 0 spiro atoms. The van der Waals surface area contributed by atoms with Crippen molar-refractivity contribution in [2.75, 3.05) is 10.6 Å². The number of nitrogens with one attached hydrogen (secondary N) is 3. The summed E-state index contributed by atoms with van der Waals surface area (Å²) in [6, 6.07) is 16.8. The summed E-state index contributed by atoms with van der Waals surface area (Å²) < 4.78 is 0. The maximum atomic E-state index is 12.7. The Morgan fingerprint density at radius 1 is 0.920 bits per heavy atom. The third-order valence-electron chi connectivity index (χ3n) is 3.79. The average Bonchev–Trinajstić information content (AvgIpc) is 3.11. The Morgan fingerprint density at radius 2 is 1.72 bits per heavy atom. The van der Waals surface area contributed by atoms with Crippen molar-refractivity contribution in [3.8, 4) is 0 Å². The molecule has 0 bridgehead atoms. The average molecular weight is 329 g/mol. The van der Waals surface area contributed by atoms with Gasteiger partial charge in [-0.1, -0.05) is 18.2 Å². The minimum atomic E-state index is -0.196. The van der Waals surface area contributed by atoms with Crippen LogP contribution in [0.4, 0.5) is 17.1 Å². The molecule has 2 aromatic heterocycles. The van der Waals surface area contributed by atoms with Crippen molar-refractivity contribution in [2.45, 2.75) is 0 Å². The van der Waals surface area contributed by atoms with E-state index < -0.39 is 0 Å². The van der Waals surface area contributed by atoms with Crippen molar-refractivity contribution >= 4 is 33.9 Å². The summed E-state index contributed by atoms with van der Waals surface area (Å²) in [6.45, 7) is 0. The van der Waals surface area contributed by atoms with Gasteiger partial charge in [-0.25, -0.2) is 0 Å². The second-order valence-corrected chi connectivity index (χ2v) is 5.54. The Hall–Kier alpha value is -3.67. The molecule has 0 aliphatic carbocycles. The van der Waals surface area contributed by atoms with Gasteiger partial charge in [-0.2, -0.15) is 5.10 Å². The predicted octanol–water partition coefficient (Wildman–Crippen LogP) is 3.95. The maximum absolute atomic E-state index is 12.7. The first-order chi connectivity index (χ1) is 12.3. The first kappa shape index (κ1) is 14.9. The summed E-state index contributed by atoms with van der Waals surface area (Å²) in [6.07, 6.45) is 5.12. The molecule has 0 atom stereocenters. The lowest BCUT2D eigenvalue weighted by atomic mass is 10.1. The minimum absolute atomic E-state index is 0.196. The van der Waals surface area contributed by atoms with Crippen LogP contribution in [-0.2, 0) is 0 Å². The number of carbonyl (C=O) groups is 1. The van der Waals surface area contributed by atoms with Gasteiger partial charge in [0.25, 0.3) is 5.91 Å². The first-order valence-corrected chi connectivity index (χ1v) is 7.80. The van der Waals surface area contributed by atoms with Crippen LogP contribution >= 0.6 is 0 Å². The van der Waals surface area contributed by atoms with Gasteiger partial charge in [-0.05, 0) is 36.4 Å². The zero-order valence-electron chi connectivity index (χ0n) is 13.2. The number of nitrogens with zero attached hydrogens (tertiary/aromatic N) is 2. The molecule has 122 valence electrons. The molecule has 0 radical (unpaired) electrons. The third-order valence-corrected chi connectivity index (χ3v) is 3.79. The van der Waals surface area contributed by atoms with Gasteiger partial charge in [-0.15, -0.1) is 0 Å². The fourth-order valence-corrected chi connectivity index (χ4v) is 2.63. The molecular formula is C19H15N5O. The van der Waals surface area contributed by atoms with Gasteiger partial charge in [0.2, 0.25) is 0 Å². The summed E-state index contributed by atoms with van der Waals surface area (Å²) in [7, 11) is 0. The number of hydrogen-bond acceptors (Lipinski definition) is 4. The lowest BCUT2D eigenvalue weighted by Gasteiger charge is -2.10. The van der Waals surface area contributed by atoms with Crippen molar-refractivity contribution in [3.63, 3.8) is 0 Å². The van der Waals surface area contributed by atoms with Crippen LogP contribution < -0.4 is 10.6 Å². The molecule has 25 heavy (non-hydrogen) atoms. The number of benzene rings is 2. The fourth-order valence-electron chi connectivity index (χ4n) is 2.63. The number of pyridine rings is 1. The van der Waals surface area contributed by atoms with Crippen molar-refractivity contribution in [1.82, 2.24) is 15.2 Å². The number of para-hydroxylation sites is 1. The van der Waals surface area contributed by atoms with Crippen LogP contribution in [-0.4, -0.2) is 21.1 Å². The van der Waals surface area contributed by atoms with Crippen LogP contribution in [0.3, 0.4) is 0 Å². The highest BCUT2D eigenvalue weighted by atomic mass is 16.1. The number of hydrogen-bond donors (Lipinski definition) is 3. The van der Waals surface area contributed by atoms with E-state index in [9.17, 15) is 4.79 Å². The van der Waals surface area contributed by atoms with Gasteiger partial charge in [0.15, 0.2) is 0 Å². The molecule has 1 amide bonds. The predicted molar refractivity (Wildman–Crippen MR) is 98.0 cm³/mol. The van der Waals surface area contributed by atoms with Crippen molar-refractivity contribution < 1.29 is 4.79 Å². The van der Waals surface area contributed by atoms with Gasteiger partial charge in [0.1, 0.15) is 0 Å². The van der Waals surface area contributed by atoms with Gasteiger partial charge in [0, 0.05) is 34.8 Å². The van der Waals surface area contributed by atoms with Crippen LogP contribution in [0.2, 0.25) is 0 Å². The van der Waals surface area contributed by atoms with Crippen LogP contribution in [0.15, 0.2) is 73.2 Å². The summed E-state index contributed by atoms with van der Waals surface area (Å²) >= 11 is 0. The topological polar surface area (TPSA) is 82.7 Å². The fraction of sp³-hybridized carbons (Fsp3) is 0. The van der Waals surface area contributed by atoms with E-state index in [0.29, 0.717) is 11.1 Å². The van der Waals surface area contributed by atoms with Crippen molar-refractivity contribution in [1.29, 1.82) is 0 Å². The van der Waals surface area contributed by atoms with E-state index in [0.717, 1.165) is 22.4 Å². The number of anilines is 3. The SMILES string of the molecule is O=C(Nc1ccccc1)c1cc(Nc2ccncc2)cc2cn[nH]c12. The van der Waals surface area contributed by atoms with Crippen molar-refractivity contribution in [3.05, 3.63) is 78.8 Å². The highest BCUT2D eigenvalue weighted by Gasteiger charge is 2.14. The van der Waals surface area contributed by atoms with E-state index in [1.807, 2.05) is 48.5 Å². The molecule has 0 aliphatic rings. The highest BCUT2D eigenvalue weighted by molar-refractivity contribution is 6.12. The molecule has 0 aliphatic heterocycles. The van der Waals surface area contributed by atoms with E-state index in [1.165, 1.54) is 0 Å². The van der Waals surface area contributed by atoms with Crippen LogP contribution in [0.1, 0.15) is 10.4 Å². The Labute approximate surface area is 143 Å². The van der Waals surface area contributed by atoms with E-state index >= 15 is 0 Å². The minimum Gasteiger partial charge on any atom is -0.355 e. The maximum Gasteiger partial charge on any atom is 0.257 e. The molecule has 4 aromatic rings. The first-order valence-electron chi connectivity index (χ1n) is 7.80. The van der Waals surface area contributed by atoms with Crippen LogP contribution in [0.25, 0.3) is 10.9 Å². The zero-order valence-corrected chi connectivity index (χ0v) is 13.2. The number of fused-ring (bicyclic) bond motifs is 1. The van der Waals surface area contributed by atoms with E-state index in [1.54, 1.807) is 24.7 Å². The van der Waals surface area contributed by atoms with Gasteiger partial charge in [-0.3, -0.25) is 14.9 Å². The quantitative estimate of drug-likeness (QED) is 0.529.